The molecule has 1 aromatic carbocycles. The predicted octanol–water partition coefficient (Wildman–Crippen LogP) is 2.86. The third-order valence-electron chi connectivity index (χ3n) is 2.78. The molecule has 8 heteroatoms. The van der Waals surface area contributed by atoms with E-state index in [4.69, 9.17) is 0 Å². The molecule has 1 heterocycles. The lowest BCUT2D eigenvalue weighted by atomic mass is 10.2. The van der Waals surface area contributed by atoms with Crippen LogP contribution in [0.2, 0.25) is 0 Å². The van der Waals surface area contributed by atoms with Crippen molar-refractivity contribution >= 4 is 11.7 Å². The van der Waals surface area contributed by atoms with E-state index in [1.54, 1.807) is 12.4 Å². The summed E-state index contributed by atoms with van der Waals surface area (Å²) in [5, 5.41) is 5.05. The Bertz CT molecular complexity index is 614. The second-order valence-electron chi connectivity index (χ2n) is 4.45. The van der Waals surface area contributed by atoms with Crippen LogP contribution in [0.25, 0.3) is 0 Å². The highest BCUT2D eigenvalue weighted by Crippen LogP contribution is 2.29. The number of urea groups is 1. The number of hydrogen-bond acceptors (Lipinski definition) is 3. The van der Waals surface area contributed by atoms with Crippen LogP contribution in [-0.2, 0) is 12.6 Å². The summed E-state index contributed by atoms with van der Waals surface area (Å²) in [6.07, 6.45) is 0.860. The molecule has 5 nitrogen and oxygen atoms in total. The molecule has 0 aliphatic heterocycles. The van der Waals surface area contributed by atoms with E-state index >= 15 is 0 Å². The Morgan fingerprint density at radius 1 is 1.09 bits per heavy atom. The Balaban J connectivity index is 1.79. The van der Waals surface area contributed by atoms with Gasteiger partial charge in [-0.3, -0.25) is 0 Å². The van der Waals surface area contributed by atoms with Crippen LogP contribution in [0.3, 0.4) is 0 Å². The fourth-order valence-electron chi connectivity index (χ4n) is 1.70. The van der Waals surface area contributed by atoms with E-state index in [9.17, 15) is 18.0 Å². The molecule has 0 saturated carbocycles. The number of alkyl halides is 3. The van der Waals surface area contributed by atoms with Crippen molar-refractivity contribution in [1.29, 1.82) is 0 Å². The molecule has 0 unspecified atom stereocenters. The summed E-state index contributed by atoms with van der Waals surface area (Å²) < 4.78 is 37.2. The van der Waals surface area contributed by atoms with Crippen molar-refractivity contribution in [3.05, 3.63) is 54.1 Å². The minimum Gasteiger partial charge on any atom is -0.338 e. The summed E-state index contributed by atoms with van der Waals surface area (Å²) in [6, 6.07) is 3.74. The summed E-state index contributed by atoms with van der Waals surface area (Å²) in [4.78, 5) is 19.3. The van der Waals surface area contributed by atoms with Crippen LogP contribution in [0, 0.1) is 0 Å². The normalized spacial score (nSPS) is 11.0. The number of carbonyl (C=O) groups excluding carboxylic acids is 1. The first-order valence-electron chi connectivity index (χ1n) is 6.41. The summed E-state index contributed by atoms with van der Waals surface area (Å²) in [5.74, 6) is 0. The zero-order valence-corrected chi connectivity index (χ0v) is 11.4. The van der Waals surface area contributed by atoms with Crippen molar-refractivity contribution in [2.45, 2.75) is 12.6 Å². The van der Waals surface area contributed by atoms with Crippen molar-refractivity contribution in [1.82, 2.24) is 15.3 Å². The fourth-order valence-corrected chi connectivity index (χ4v) is 1.70. The van der Waals surface area contributed by atoms with Crippen LogP contribution in [0.4, 0.5) is 23.7 Å². The number of nitrogens with zero attached hydrogens (tertiary/aromatic N) is 2. The van der Waals surface area contributed by atoms with Crippen molar-refractivity contribution in [2.24, 2.45) is 0 Å². The largest absolute Gasteiger partial charge is 0.416 e. The Morgan fingerprint density at radius 2 is 1.73 bits per heavy atom. The maximum absolute atomic E-state index is 12.4. The van der Waals surface area contributed by atoms with E-state index in [0.717, 1.165) is 17.7 Å². The van der Waals surface area contributed by atoms with E-state index < -0.39 is 17.8 Å². The van der Waals surface area contributed by atoms with Gasteiger partial charge in [-0.25, -0.2) is 14.8 Å². The van der Waals surface area contributed by atoms with Gasteiger partial charge in [0.25, 0.3) is 0 Å². The van der Waals surface area contributed by atoms with Crippen molar-refractivity contribution in [3.8, 4) is 0 Å². The highest BCUT2D eigenvalue weighted by atomic mass is 19.4. The average molecular weight is 310 g/mol. The molecule has 2 amide bonds. The predicted molar refractivity (Wildman–Crippen MR) is 74.2 cm³/mol. The molecule has 0 bridgehead atoms. The van der Waals surface area contributed by atoms with Crippen molar-refractivity contribution in [3.63, 3.8) is 0 Å². The van der Waals surface area contributed by atoms with E-state index in [1.165, 1.54) is 18.5 Å². The number of amides is 2. The molecular weight excluding hydrogens is 297 g/mol. The van der Waals surface area contributed by atoms with Crippen LogP contribution in [-0.4, -0.2) is 22.5 Å². The van der Waals surface area contributed by atoms with Gasteiger partial charge >= 0.3 is 12.2 Å². The maximum Gasteiger partial charge on any atom is 0.416 e. The summed E-state index contributed by atoms with van der Waals surface area (Å²) >= 11 is 0. The topological polar surface area (TPSA) is 66.9 Å². The quantitative estimate of drug-likeness (QED) is 0.912. The number of nitrogens with one attached hydrogen (secondary N) is 2. The maximum atomic E-state index is 12.4. The van der Waals surface area contributed by atoms with Crippen LogP contribution >= 0.6 is 0 Å². The molecule has 0 aliphatic rings. The van der Waals surface area contributed by atoms with E-state index in [1.807, 2.05) is 0 Å². The van der Waals surface area contributed by atoms with Crippen molar-refractivity contribution < 1.29 is 18.0 Å². The molecular formula is C14H13F3N4O. The van der Waals surface area contributed by atoms with Gasteiger partial charge < -0.3 is 10.6 Å². The van der Waals surface area contributed by atoms with Gasteiger partial charge in [-0.2, -0.15) is 13.2 Å². The van der Waals surface area contributed by atoms with Gasteiger partial charge in [-0.05, 0) is 36.2 Å². The van der Waals surface area contributed by atoms with Gasteiger partial charge in [-0.1, -0.05) is 0 Å². The number of rotatable bonds is 4. The highest BCUT2D eigenvalue weighted by Gasteiger charge is 2.29. The van der Waals surface area contributed by atoms with E-state index in [2.05, 4.69) is 20.6 Å². The molecule has 116 valence electrons. The smallest absolute Gasteiger partial charge is 0.338 e. The van der Waals surface area contributed by atoms with Gasteiger partial charge in [0.15, 0.2) is 0 Å². The zero-order chi connectivity index (χ0) is 16.0. The molecule has 1 aromatic heterocycles. The molecule has 0 spiro atoms. The van der Waals surface area contributed by atoms with Gasteiger partial charge in [0.2, 0.25) is 0 Å². The van der Waals surface area contributed by atoms with Crippen LogP contribution < -0.4 is 10.6 Å². The molecule has 2 N–H and O–H groups in total. The first-order chi connectivity index (χ1) is 10.4. The molecule has 2 rings (SSSR count). The van der Waals surface area contributed by atoms with E-state index in [-0.39, 0.29) is 5.69 Å². The lowest BCUT2D eigenvalue weighted by Crippen LogP contribution is -2.30. The van der Waals surface area contributed by atoms with Crippen molar-refractivity contribution in [2.75, 3.05) is 11.9 Å². The standard InChI is InChI=1S/C14H13F3N4O/c15-14(16,17)11-1-3-12(4-2-11)21-13(22)20-6-5-10-7-18-9-19-8-10/h1-4,7-9H,5-6H2,(H2,20,21,22). The second-order valence-corrected chi connectivity index (χ2v) is 4.45. The van der Waals surface area contributed by atoms with E-state index in [0.29, 0.717) is 13.0 Å². The SMILES string of the molecule is O=C(NCCc1cncnc1)Nc1ccc(C(F)(F)F)cc1. The third-order valence-corrected chi connectivity index (χ3v) is 2.78. The lowest BCUT2D eigenvalue weighted by molar-refractivity contribution is -0.137. The van der Waals surface area contributed by atoms with Gasteiger partial charge in [-0.15, -0.1) is 0 Å². The molecule has 0 radical (unpaired) electrons. The monoisotopic (exact) mass is 310 g/mol. The van der Waals surface area contributed by atoms with Crippen LogP contribution in [0.15, 0.2) is 43.0 Å². The lowest BCUT2D eigenvalue weighted by Gasteiger charge is -2.09. The Morgan fingerprint density at radius 3 is 2.32 bits per heavy atom. The first kappa shape index (κ1) is 15.7. The number of benzene rings is 1. The zero-order valence-electron chi connectivity index (χ0n) is 11.4. The first-order valence-corrected chi connectivity index (χ1v) is 6.41. The molecule has 2 aromatic rings. The minimum absolute atomic E-state index is 0.286. The molecule has 22 heavy (non-hydrogen) atoms. The second kappa shape index (κ2) is 6.88. The molecule has 0 fully saturated rings. The molecule has 0 aliphatic carbocycles. The Hall–Kier alpha value is -2.64. The average Bonchev–Trinajstić information content (AvgIpc) is 2.48. The van der Waals surface area contributed by atoms with Crippen LogP contribution in [0.5, 0.6) is 0 Å². The third kappa shape index (κ3) is 4.72. The Labute approximate surface area is 124 Å². The summed E-state index contributed by atoms with van der Waals surface area (Å²) in [7, 11) is 0. The minimum atomic E-state index is -4.39. The number of halogens is 3. The number of carbonyl (C=O) groups is 1. The summed E-state index contributed by atoms with van der Waals surface area (Å²) in [5.41, 5.74) is 0.397. The van der Waals surface area contributed by atoms with Crippen LogP contribution in [0.1, 0.15) is 11.1 Å². The van der Waals surface area contributed by atoms with Gasteiger partial charge in [0.1, 0.15) is 6.33 Å². The van der Waals surface area contributed by atoms with Gasteiger partial charge in [0, 0.05) is 24.6 Å². The summed E-state index contributed by atoms with van der Waals surface area (Å²) in [6.45, 7) is 0.361. The molecule has 0 saturated heterocycles. The number of hydrogen-bond donors (Lipinski definition) is 2. The molecule has 0 atom stereocenters. The number of aromatic nitrogens is 2. The van der Waals surface area contributed by atoms with Gasteiger partial charge in [0.05, 0.1) is 5.56 Å². The number of anilines is 1. The Kier molecular flexibility index (Phi) is 4.92. The fraction of sp³-hybridized carbons (Fsp3) is 0.214. The highest BCUT2D eigenvalue weighted by molar-refractivity contribution is 5.89.